The van der Waals surface area contributed by atoms with Crippen LogP contribution < -0.4 is 0 Å². The molecule has 4 heterocycles. The number of rotatable bonds is 12. The van der Waals surface area contributed by atoms with E-state index < -0.39 is 11.9 Å². The molecule has 0 saturated carbocycles. The number of carbonyl (C=O) groups is 1. The van der Waals surface area contributed by atoms with Crippen LogP contribution in [0.2, 0.25) is 0 Å². The average molecular weight is 661 g/mol. The van der Waals surface area contributed by atoms with Crippen molar-refractivity contribution in [3.63, 3.8) is 0 Å². The highest BCUT2D eigenvalue weighted by Gasteiger charge is 2.38. The molecule has 0 radical (unpaired) electrons. The van der Waals surface area contributed by atoms with Gasteiger partial charge in [-0.1, -0.05) is 13.3 Å². The second-order valence-electron chi connectivity index (χ2n) is 8.80. The van der Waals surface area contributed by atoms with E-state index in [0.717, 1.165) is 18.4 Å². The van der Waals surface area contributed by atoms with Crippen molar-refractivity contribution in [3.05, 3.63) is 42.2 Å². The molecule has 204 valence electrons. The summed E-state index contributed by atoms with van der Waals surface area (Å²) in [6, 6.07) is 1.83. The first-order valence-electron chi connectivity index (χ1n) is 11.9. The van der Waals surface area contributed by atoms with Crippen molar-refractivity contribution in [1.82, 2.24) is 33.4 Å². The number of pyridine rings is 1. The Morgan fingerprint density at radius 1 is 1.13 bits per heavy atom. The minimum absolute atomic E-state index is 0.0125. The van der Waals surface area contributed by atoms with E-state index in [9.17, 15) is 18.0 Å². The molecule has 4 rings (SSSR count). The fraction of sp³-hybridized carbons (Fsp3) is 0.417. The summed E-state index contributed by atoms with van der Waals surface area (Å²) in [5.74, 6) is 0. The largest absolute Gasteiger partial charge is 0.435 e. The molecule has 0 bridgehead atoms. The third-order valence-electron chi connectivity index (χ3n) is 6.00. The Morgan fingerprint density at radius 3 is 2.53 bits per heavy atom. The van der Waals surface area contributed by atoms with Crippen molar-refractivity contribution in [2.45, 2.75) is 45.6 Å². The number of hydrogen-bond acceptors (Lipinski definition) is 6. The lowest BCUT2D eigenvalue weighted by molar-refractivity contribution is -0.141. The molecule has 4 aromatic rings. The highest BCUT2D eigenvalue weighted by Crippen LogP contribution is 2.41. The summed E-state index contributed by atoms with van der Waals surface area (Å²) in [5, 5.41) is 9.07. The number of unbranched alkanes of at least 4 members (excludes halogenated alkanes) is 1. The third kappa shape index (κ3) is 6.01. The Balaban J connectivity index is 1.88. The van der Waals surface area contributed by atoms with Crippen LogP contribution in [0.4, 0.5) is 13.2 Å². The molecule has 0 unspecified atom stereocenters. The number of nitrogens with zero attached hydrogens (tertiary/aromatic N) is 7. The van der Waals surface area contributed by atoms with Crippen LogP contribution in [0.15, 0.2) is 30.9 Å². The van der Waals surface area contributed by atoms with Gasteiger partial charge in [-0.05, 0) is 12.5 Å². The van der Waals surface area contributed by atoms with E-state index in [2.05, 4.69) is 36.4 Å². The Hall–Kier alpha value is -2.59. The predicted molar refractivity (Wildman–Crippen MR) is 149 cm³/mol. The van der Waals surface area contributed by atoms with Crippen molar-refractivity contribution in [2.75, 3.05) is 20.8 Å². The number of amides is 1. The summed E-state index contributed by atoms with van der Waals surface area (Å²) in [4.78, 5) is 17.4. The number of fused-ring (bicyclic) bond motifs is 1. The summed E-state index contributed by atoms with van der Waals surface area (Å²) in [6.07, 6.45) is 4.31. The van der Waals surface area contributed by atoms with Crippen molar-refractivity contribution < 1.29 is 22.7 Å². The van der Waals surface area contributed by atoms with Gasteiger partial charge < -0.3 is 9.64 Å². The van der Waals surface area contributed by atoms with E-state index in [1.165, 1.54) is 24.9 Å². The molecule has 0 spiro atoms. The summed E-state index contributed by atoms with van der Waals surface area (Å²) >= 11 is 2.07. The quantitative estimate of drug-likeness (QED) is 0.144. The van der Waals surface area contributed by atoms with Gasteiger partial charge in [0.2, 0.25) is 6.41 Å². The van der Waals surface area contributed by atoms with Gasteiger partial charge in [0.1, 0.15) is 0 Å². The van der Waals surface area contributed by atoms with Crippen molar-refractivity contribution in [2.24, 2.45) is 0 Å². The molecule has 4 aromatic heterocycles. The van der Waals surface area contributed by atoms with Gasteiger partial charge in [0, 0.05) is 103 Å². The van der Waals surface area contributed by atoms with Gasteiger partial charge in [0.15, 0.2) is 11.3 Å². The lowest BCUT2D eigenvalue weighted by Gasteiger charge is -2.10. The van der Waals surface area contributed by atoms with Crippen LogP contribution >= 0.6 is 30.3 Å². The maximum absolute atomic E-state index is 14.1. The molecule has 14 heteroatoms. The van der Waals surface area contributed by atoms with E-state index in [1.54, 1.807) is 35.2 Å². The van der Waals surface area contributed by atoms with Gasteiger partial charge in [-0.2, -0.15) is 23.4 Å². The number of alkyl halides is 3. The monoisotopic (exact) mass is 661 g/mol. The van der Waals surface area contributed by atoms with E-state index in [4.69, 9.17) is 4.74 Å². The zero-order valence-corrected chi connectivity index (χ0v) is 24.0. The van der Waals surface area contributed by atoms with E-state index in [1.807, 2.05) is 19.2 Å². The average Bonchev–Trinajstić information content (AvgIpc) is 3.60. The molecular weight excluding hydrogens is 634 g/mol. The van der Waals surface area contributed by atoms with Gasteiger partial charge >= 0.3 is 6.18 Å². The first-order valence-corrected chi connectivity index (χ1v) is 15.2. The summed E-state index contributed by atoms with van der Waals surface area (Å²) < 4.78 is 52.2. The normalized spacial score (nSPS) is 12.0. The molecule has 9 nitrogen and oxygen atoms in total. The van der Waals surface area contributed by atoms with Gasteiger partial charge in [-0.15, -0.1) is 0 Å². The fourth-order valence-electron chi connectivity index (χ4n) is 4.15. The molecule has 0 fully saturated rings. The molecule has 38 heavy (non-hydrogen) atoms. The molecule has 1 amide bonds. The zero-order valence-electron chi connectivity index (χ0n) is 21.1. The molecule has 0 aromatic carbocycles. The Bertz CT molecular complexity index is 1420. The third-order valence-corrected chi connectivity index (χ3v) is 7.70. The number of halogens is 4. The SMILES string of the molecule is CCCCn1cc(-c2cn(SI)c3ncc(-c4cn(CCOC)nc4CN(C)C=O)cc23)c(C(F)(F)F)n1. The van der Waals surface area contributed by atoms with E-state index in [-0.39, 0.29) is 12.1 Å². The molecule has 0 saturated heterocycles. The standard InChI is InChI=1S/C24H27F3IN7O2S/c1-4-5-6-33-12-20(22(31-33)24(25,26)27)19-13-35(38-28)23-17(19)9-16(10-29-23)18-11-34(7-8-37-3)30-21(18)14-32(2)15-36/h9-13,15H,4-8,14H2,1-3H3. The second kappa shape index (κ2) is 12.1. The van der Waals surface area contributed by atoms with Crippen molar-refractivity contribution in [3.8, 4) is 22.3 Å². The highest BCUT2D eigenvalue weighted by molar-refractivity contribution is 14.2. The van der Waals surface area contributed by atoms with E-state index >= 15 is 0 Å². The van der Waals surface area contributed by atoms with Crippen LogP contribution in [0, 0.1) is 0 Å². The smallest absolute Gasteiger partial charge is 0.383 e. The number of aryl methyl sites for hydroxylation is 1. The first-order chi connectivity index (χ1) is 18.2. The Labute approximate surface area is 234 Å². The molecule has 0 aliphatic heterocycles. The molecule has 0 aliphatic rings. The maximum atomic E-state index is 14.1. The van der Waals surface area contributed by atoms with Crippen molar-refractivity contribution in [1.29, 1.82) is 0 Å². The highest BCUT2D eigenvalue weighted by atomic mass is 127. The van der Waals surface area contributed by atoms with Crippen LogP contribution in [-0.4, -0.2) is 60.6 Å². The zero-order chi connectivity index (χ0) is 27.4. The van der Waals surface area contributed by atoms with Crippen LogP contribution in [0.1, 0.15) is 31.2 Å². The topological polar surface area (TPSA) is 83.0 Å². The number of methoxy groups -OCH3 is 1. The van der Waals surface area contributed by atoms with Crippen molar-refractivity contribution >= 4 is 47.8 Å². The lowest BCUT2D eigenvalue weighted by atomic mass is 10.0. The number of aromatic nitrogens is 6. The van der Waals surface area contributed by atoms with Crippen LogP contribution in [0.25, 0.3) is 33.3 Å². The number of carbonyl (C=O) groups excluding carboxylic acids is 1. The number of ether oxygens (including phenoxy) is 1. The van der Waals surface area contributed by atoms with Crippen LogP contribution in [0.3, 0.4) is 0 Å². The Kier molecular flexibility index (Phi) is 9.03. The first kappa shape index (κ1) is 28.4. The molecular formula is C24H27F3IN7O2S. The fourth-order valence-corrected chi connectivity index (χ4v) is 5.41. The van der Waals surface area contributed by atoms with E-state index in [0.29, 0.717) is 54.0 Å². The Morgan fingerprint density at radius 2 is 1.87 bits per heavy atom. The van der Waals surface area contributed by atoms with Crippen LogP contribution in [0.5, 0.6) is 0 Å². The summed E-state index contributed by atoms with van der Waals surface area (Å²) in [5.41, 5.74) is 2.09. The lowest BCUT2D eigenvalue weighted by Crippen LogP contribution is -2.16. The summed E-state index contributed by atoms with van der Waals surface area (Å²) in [7, 11) is 4.56. The van der Waals surface area contributed by atoms with Gasteiger partial charge in [0.05, 0.1) is 25.4 Å². The molecule has 0 aliphatic carbocycles. The predicted octanol–water partition coefficient (Wildman–Crippen LogP) is 5.66. The van der Waals surface area contributed by atoms with Crippen LogP contribution in [-0.2, 0) is 35.3 Å². The van der Waals surface area contributed by atoms with Gasteiger partial charge in [-0.3, -0.25) is 18.1 Å². The van der Waals surface area contributed by atoms with Gasteiger partial charge in [-0.25, -0.2) is 4.98 Å². The molecule has 0 N–H and O–H groups in total. The van der Waals surface area contributed by atoms with Gasteiger partial charge in [0.25, 0.3) is 0 Å². The second-order valence-corrected chi connectivity index (χ2v) is 10.5. The summed E-state index contributed by atoms with van der Waals surface area (Å²) in [6.45, 7) is 3.59. The maximum Gasteiger partial charge on any atom is 0.435 e. The number of hydrogen-bond donors (Lipinski definition) is 0. The minimum Gasteiger partial charge on any atom is -0.383 e. The minimum atomic E-state index is -4.61. The molecule has 0 atom stereocenters.